The van der Waals surface area contributed by atoms with E-state index in [0.717, 1.165) is 44.5 Å². The summed E-state index contributed by atoms with van der Waals surface area (Å²) in [4.78, 5) is 15.4. The van der Waals surface area contributed by atoms with E-state index in [4.69, 9.17) is 15.0 Å². The maximum atomic E-state index is 5.21. The first-order chi connectivity index (χ1) is 24.8. The Morgan fingerprint density at radius 2 is 0.960 bits per heavy atom. The Morgan fingerprint density at radius 1 is 0.380 bits per heavy atom. The predicted octanol–water partition coefficient (Wildman–Crippen LogP) is 12.0. The van der Waals surface area contributed by atoms with Crippen molar-refractivity contribution >= 4 is 53.3 Å². The van der Waals surface area contributed by atoms with Crippen LogP contribution in [0.15, 0.2) is 170 Å². The molecule has 0 spiro atoms. The minimum absolute atomic E-state index is 0.624. The lowest BCUT2D eigenvalue weighted by atomic mass is 10.0. The molecule has 0 unspecified atom stereocenters. The van der Waals surface area contributed by atoms with Crippen molar-refractivity contribution in [1.82, 2.24) is 19.5 Å². The molecule has 0 aliphatic heterocycles. The zero-order valence-electron chi connectivity index (χ0n) is 26.9. The molecule has 3 aromatic heterocycles. The van der Waals surface area contributed by atoms with Gasteiger partial charge in [-0.2, -0.15) is 0 Å². The quantitative estimate of drug-likeness (QED) is 0.185. The van der Waals surface area contributed by atoms with Crippen molar-refractivity contribution in [3.05, 3.63) is 170 Å². The third-order valence-corrected chi connectivity index (χ3v) is 10.6. The molecule has 0 bridgehead atoms. The molecule has 4 nitrogen and oxygen atoms in total. The van der Waals surface area contributed by atoms with Crippen LogP contribution in [0.3, 0.4) is 0 Å². The summed E-state index contributed by atoms with van der Waals surface area (Å²) in [5.41, 5.74) is 8.35. The molecule has 0 fully saturated rings. The highest BCUT2D eigenvalue weighted by atomic mass is 32.1. The number of nitrogens with zero attached hydrogens (tertiary/aromatic N) is 4. The summed E-state index contributed by atoms with van der Waals surface area (Å²) in [6.45, 7) is 0. The number of fused-ring (bicyclic) bond motifs is 7. The van der Waals surface area contributed by atoms with E-state index in [1.807, 2.05) is 47.7 Å². The Morgan fingerprint density at radius 3 is 1.66 bits per heavy atom. The molecule has 0 saturated carbocycles. The number of para-hydroxylation sites is 1. The molecule has 234 valence electrons. The normalized spacial score (nSPS) is 11.6. The molecule has 0 N–H and O–H groups in total. The minimum Gasteiger partial charge on any atom is -0.308 e. The molecule has 3 heterocycles. The lowest BCUT2D eigenvalue weighted by molar-refractivity contribution is 1.06. The first-order valence-corrected chi connectivity index (χ1v) is 17.5. The number of benzene rings is 7. The van der Waals surface area contributed by atoms with Crippen molar-refractivity contribution in [2.45, 2.75) is 0 Å². The Hall–Kier alpha value is -6.43. The van der Waals surface area contributed by atoms with Crippen molar-refractivity contribution in [2.24, 2.45) is 0 Å². The average Bonchev–Trinajstić information content (AvgIpc) is 3.74. The Labute approximate surface area is 292 Å². The van der Waals surface area contributed by atoms with E-state index in [1.54, 1.807) is 0 Å². The number of hydrogen-bond donors (Lipinski definition) is 0. The molecular weight excluding hydrogens is 629 g/mol. The van der Waals surface area contributed by atoms with Gasteiger partial charge in [0.25, 0.3) is 0 Å². The van der Waals surface area contributed by atoms with Crippen LogP contribution in [0.5, 0.6) is 0 Å². The predicted molar refractivity (Wildman–Crippen MR) is 209 cm³/mol. The molecule has 0 aliphatic carbocycles. The van der Waals surface area contributed by atoms with Crippen LogP contribution >= 0.6 is 11.3 Å². The molecule has 7 aromatic carbocycles. The van der Waals surface area contributed by atoms with Gasteiger partial charge in [0.15, 0.2) is 17.5 Å². The lowest BCUT2D eigenvalue weighted by Gasteiger charge is -2.16. The van der Waals surface area contributed by atoms with Gasteiger partial charge in [0.05, 0.1) is 16.7 Å². The number of thiophene rings is 1. The summed E-state index contributed by atoms with van der Waals surface area (Å²) in [7, 11) is 0. The molecule has 0 atom stereocenters. The first kappa shape index (κ1) is 28.6. The monoisotopic (exact) mass is 656 g/mol. The highest BCUT2D eigenvalue weighted by Gasteiger charge is 2.22. The number of aromatic nitrogens is 4. The van der Waals surface area contributed by atoms with Crippen molar-refractivity contribution in [2.75, 3.05) is 0 Å². The first-order valence-electron chi connectivity index (χ1n) is 16.7. The summed E-state index contributed by atoms with van der Waals surface area (Å²) in [5, 5.41) is 5.08. The highest BCUT2D eigenvalue weighted by Crippen LogP contribution is 2.44. The molecule has 0 saturated heterocycles. The van der Waals surface area contributed by atoms with E-state index in [0.29, 0.717) is 17.5 Å². The third kappa shape index (κ3) is 4.63. The van der Waals surface area contributed by atoms with Gasteiger partial charge in [-0.15, -0.1) is 11.3 Å². The van der Waals surface area contributed by atoms with Gasteiger partial charge in [-0.05, 0) is 47.5 Å². The maximum Gasteiger partial charge on any atom is 0.166 e. The van der Waals surface area contributed by atoms with E-state index in [-0.39, 0.29) is 0 Å². The Kier molecular flexibility index (Phi) is 6.64. The van der Waals surface area contributed by atoms with Gasteiger partial charge in [-0.1, -0.05) is 133 Å². The zero-order chi connectivity index (χ0) is 33.0. The van der Waals surface area contributed by atoms with Gasteiger partial charge in [-0.25, -0.2) is 15.0 Å². The fourth-order valence-electron chi connectivity index (χ4n) is 7.18. The molecule has 5 heteroatoms. The topological polar surface area (TPSA) is 43.6 Å². The molecule has 0 radical (unpaired) electrons. The second-order valence-corrected chi connectivity index (χ2v) is 13.5. The van der Waals surface area contributed by atoms with Gasteiger partial charge in [0, 0.05) is 47.6 Å². The second-order valence-electron chi connectivity index (χ2n) is 12.4. The molecule has 50 heavy (non-hydrogen) atoms. The van der Waals surface area contributed by atoms with E-state index in [9.17, 15) is 0 Å². The van der Waals surface area contributed by atoms with Crippen molar-refractivity contribution in [1.29, 1.82) is 0 Å². The van der Waals surface area contributed by atoms with Crippen molar-refractivity contribution < 1.29 is 0 Å². The van der Waals surface area contributed by atoms with Gasteiger partial charge >= 0.3 is 0 Å². The van der Waals surface area contributed by atoms with Gasteiger partial charge in [0.2, 0.25) is 0 Å². The summed E-state index contributed by atoms with van der Waals surface area (Å²) in [5.74, 6) is 1.90. The molecule has 0 aliphatic rings. The second kappa shape index (κ2) is 11.6. The Bertz CT molecular complexity index is 2800. The van der Waals surface area contributed by atoms with Crippen molar-refractivity contribution in [3.63, 3.8) is 0 Å². The fourth-order valence-corrected chi connectivity index (χ4v) is 8.30. The number of rotatable bonds is 5. The van der Waals surface area contributed by atoms with E-state index in [1.165, 1.54) is 30.9 Å². The lowest BCUT2D eigenvalue weighted by Crippen LogP contribution is -2.04. The fraction of sp³-hybridized carbons (Fsp3) is 0. The Balaban J connectivity index is 1.31. The molecular formula is C45H28N4S. The van der Waals surface area contributed by atoms with E-state index >= 15 is 0 Å². The smallest absolute Gasteiger partial charge is 0.166 e. The van der Waals surface area contributed by atoms with Gasteiger partial charge < -0.3 is 4.57 Å². The van der Waals surface area contributed by atoms with Crippen molar-refractivity contribution in [3.8, 4) is 51.0 Å². The standard InChI is InChI=1S/C45H28N4S/c1-4-14-29(15-5-1)32-24-25-37(35(28-32)45-47-43(30-16-6-2-7-17-30)46-44(48-45)31-18-8-3-9-19-31)49-36-22-12-10-20-33(36)41-38(49)26-27-40-42(41)34-21-11-13-23-39(34)50-40/h1-28H. The molecule has 0 amide bonds. The SMILES string of the molecule is c1ccc(-c2ccc(-n3c4ccccc4c4c5c(ccc43)sc3ccccc35)c(-c3nc(-c4ccccc4)nc(-c4ccccc4)n3)c2)cc1. The highest BCUT2D eigenvalue weighted by molar-refractivity contribution is 7.26. The van der Waals surface area contributed by atoms with Crippen LogP contribution in [-0.4, -0.2) is 19.5 Å². The van der Waals surface area contributed by atoms with E-state index in [2.05, 4.69) is 138 Å². The minimum atomic E-state index is 0.624. The van der Waals surface area contributed by atoms with Crippen LogP contribution in [-0.2, 0) is 0 Å². The summed E-state index contributed by atoms with van der Waals surface area (Å²) >= 11 is 1.85. The van der Waals surface area contributed by atoms with Crippen LogP contribution < -0.4 is 0 Å². The van der Waals surface area contributed by atoms with E-state index < -0.39 is 0 Å². The van der Waals surface area contributed by atoms with Crippen LogP contribution in [0.1, 0.15) is 0 Å². The average molecular weight is 657 g/mol. The summed E-state index contributed by atoms with van der Waals surface area (Å²) in [6.07, 6.45) is 0. The van der Waals surface area contributed by atoms with Crippen LogP contribution in [0.4, 0.5) is 0 Å². The maximum absolute atomic E-state index is 5.21. The van der Waals surface area contributed by atoms with Crippen LogP contribution in [0.25, 0.3) is 93.0 Å². The van der Waals surface area contributed by atoms with Crippen LogP contribution in [0, 0.1) is 0 Å². The summed E-state index contributed by atoms with van der Waals surface area (Å²) in [6, 6.07) is 59.6. The molecule has 10 rings (SSSR count). The third-order valence-electron chi connectivity index (χ3n) is 9.46. The zero-order valence-corrected chi connectivity index (χ0v) is 27.7. The van der Waals surface area contributed by atoms with Gasteiger partial charge in [0.1, 0.15) is 0 Å². The van der Waals surface area contributed by atoms with Crippen LogP contribution in [0.2, 0.25) is 0 Å². The largest absolute Gasteiger partial charge is 0.308 e. The summed E-state index contributed by atoms with van der Waals surface area (Å²) < 4.78 is 4.99. The van der Waals surface area contributed by atoms with Gasteiger partial charge in [-0.3, -0.25) is 0 Å². The molecule has 10 aromatic rings. The number of hydrogen-bond acceptors (Lipinski definition) is 4.